The third kappa shape index (κ3) is 3.47. The van der Waals surface area contributed by atoms with Gasteiger partial charge in [0.2, 0.25) is 0 Å². The molecule has 0 saturated carbocycles. The van der Waals surface area contributed by atoms with Gasteiger partial charge in [-0.25, -0.2) is 4.39 Å². The lowest BCUT2D eigenvalue weighted by molar-refractivity contribution is 0.0935. The van der Waals surface area contributed by atoms with Gasteiger partial charge in [0.1, 0.15) is 29.0 Å². The van der Waals surface area contributed by atoms with Crippen molar-refractivity contribution in [2.24, 2.45) is 0 Å². The van der Waals surface area contributed by atoms with E-state index in [1.165, 1.54) is 19.2 Å². The quantitative estimate of drug-likeness (QED) is 0.528. The first kappa shape index (κ1) is 17.8. The first-order valence-electron chi connectivity index (χ1n) is 8.83. The summed E-state index contributed by atoms with van der Waals surface area (Å²) >= 11 is 0. The molecule has 0 radical (unpaired) electrons. The summed E-state index contributed by atoms with van der Waals surface area (Å²) in [6.07, 6.45) is 0. The first-order chi connectivity index (χ1) is 13.7. The van der Waals surface area contributed by atoms with Crippen molar-refractivity contribution in [1.82, 2.24) is 5.32 Å². The normalized spacial score (nSPS) is 11.9. The summed E-state index contributed by atoms with van der Waals surface area (Å²) in [6.45, 7) is 0. The van der Waals surface area contributed by atoms with Crippen molar-refractivity contribution < 1.29 is 18.3 Å². The molecule has 28 heavy (non-hydrogen) atoms. The molecule has 1 heterocycles. The van der Waals surface area contributed by atoms with E-state index in [1.54, 1.807) is 6.07 Å². The third-order valence-electron chi connectivity index (χ3n) is 4.56. The number of rotatable bonds is 5. The molecule has 0 unspecified atom stereocenters. The van der Waals surface area contributed by atoms with E-state index in [0.29, 0.717) is 11.5 Å². The molecule has 1 atom stereocenters. The summed E-state index contributed by atoms with van der Waals surface area (Å²) in [5, 5.41) is 3.83. The Hall–Kier alpha value is -3.60. The molecule has 3 aromatic carbocycles. The maximum Gasteiger partial charge on any atom is 0.255 e. The largest absolute Gasteiger partial charge is 0.497 e. The van der Waals surface area contributed by atoms with Crippen molar-refractivity contribution in [2.45, 2.75) is 6.04 Å². The number of benzene rings is 3. The number of methoxy groups -OCH3 is 1. The van der Waals surface area contributed by atoms with E-state index in [1.807, 2.05) is 60.7 Å². The van der Waals surface area contributed by atoms with Crippen molar-refractivity contribution in [1.29, 1.82) is 0 Å². The number of para-hydroxylation sites is 1. The van der Waals surface area contributed by atoms with E-state index in [9.17, 15) is 9.18 Å². The van der Waals surface area contributed by atoms with Gasteiger partial charge in [0.15, 0.2) is 0 Å². The molecule has 140 valence electrons. The molecule has 0 spiro atoms. The lowest BCUT2D eigenvalue weighted by Gasteiger charge is -2.17. The van der Waals surface area contributed by atoms with Crippen LogP contribution in [0.5, 0.6) is 5.75 Å². The molecule has 0 aliphatic rings. The maximum atomic E-state index is 14.3. The minimum atomic E-state index is -0.645. The lowest BCUT2D eigenvalue weighted by atomic mass is 10.0. The molecule has 4 nitrogen and oxygen atoms in total. The van der Waals surface area contributed by atoms with Crippen LogP contribution in [0.4, 0.5) is 4.39 Å². The molecule has 0 aliphatic heterocycles. The lowest BCUT2D eigenvalue weighted by Crippen LogP contribution is -2.29. The van der Waals surface area contributed by atoms with Crippen LogP contribution in [0.3, 0.4) is 0 Å². The molecule has 1 N–H and O–H groups in total. The van der Waals surface area contributed by atoms with Gasteiger partial charge in [0.25, 0.3) is 5.91 Å². The Labute approximate surface area is 161 Å². The molecule has 0 fully saturated rings. The Morgan fingerprint density at radius 1 is 1.00 bits per heavy atom. The molecule has 0 aliphatic carbocycles. The second kappa shape index (κ2) is 7.56. The fraction of sp³-hybridized carbons (Fsp3) is 0.0870. The van der Waals surface area contributed by atoms with Crippen molar-refractivity contribution in [3.05, 3.63) is 102 Å². The second-order valence-electron chi connectivity index (χ2n) is 6.35. The highest BCUT2D eigenvalue weighted by molar-refractivity contribution is 5.95. The van der Waals surface area contributed by atoms with Gasteiger partial charge in [-0.05, 0) is 29.8 Å². The van der Waals surface area contributed by atoms with E-state index in [4.69, 9.17) is 9.15 Å². The number of halogens is 1. The Morgan fingerprint density at radius 2 is 1.75 bits per heavy atom. The zero-order valence-electron chi connectivity index (χ0n) is 15.2. The van der Waals surface area contributed by atoms with Gasteiger partial charge in [0.05, 0.1) is 12.7 Å². The van der Waals surface area contributed by atoms with Crippen LogP contribution in [-0.2, 0) is 0 Å². The van der Waals surface area contributed by atoms with Gasteiger partial charge in [-0.1, -0.05) is 48.5 Å². The van der Waals surface area contributed by atoms with Crippen LogP contribution in [0.1, 0.15) is 27.7 Å². The fourth-order valence-corrected chi connectivity index (χ4v) is 3.12. The average Bonchev–Trinajstić information content (AvgIpc) is 3.16. The first-order valence-corrected chi connectivity index (χ1v) is 8.83. The van der Waals surface area contributed by atoms with Crippen molar-refractivity contribution >= 4 is 16.9 Å². The minimum absolute atomic E-state index is 0.0576. The van der Waals surface area contributed by atoms with Crippen LogP contribution < -0.4 is 10.1 Å². The van der Waals surface area contributed by atoms with Crippen LogP contribution in [0.25, 0.3) is 11.0 Å². The van der Waals surface area contributed by atoms with Gasteiger partial charge < -0.3 is 14.5 Å². The van der Waals surface area contributed by atoms with Crippen molar-refractivity contribution in [3.63, 3.8) is 0 Å². The molecule has 0 saturated heterocycles. The summed E-state index contributed by atoms with van der Waals surface area (Å²) in [4.78, 5) is 12.8. The average molecular weight is 375 g/mol. The molecule has 1 amide bonds. The SMILES string of the molecule is COc1ccc(C(=O)N[C@@H](c2ccccc2)c2cc3ccccc3o2)c(F)c1. The Morgan fingerprint density at radius 3 is 2.46 bits per heavy atom. The van der Waals surface area contributed by atoms with E-state index >= 15 is 0 Å². The van der Waals surface area contributed by atoms with Crippen LogP contribution in [0.15, 0.2) is 83.3 Å². The number of hydrogen-bond acceptors (Lipinski definition) is 3. The van der Waals surface area contributed by atoms with E-state index in [-0.39, 0.29) is 5.56 Å². The number of carbonyl (C=O) groups excluding carboxylic acids is 1. The zero-order valence-corrected chi connectivity index (χ0v) is 15.2. The summed E-state index contributed by atoms with van der Waals surface area (Å²) in [6, 6.07) is 22.5. The predicted octanol–water partition coefficient (Wildman–Crippen LogP) is 5.10. The summed E-state index contributed by atoms with van der Waals surface area (Å²) in [5.74, 6) is -0.247. The number of amides is 1. The van der Waals surface area contributed by atoms with Gasteiger partial charge in [-0.3, -0.25) is 4.79 Å². The number of nitrogens with one attached hydrogen (secondary N) is 1. The monoisotopic (exact) mass is 375 g/mol. The summed E-state index contributed by atoms with van der Waals surface area (Å²) in [7, 11) is 1.45. The second-order valence-corrected chi connectivity index (χ2v) is 6.35. The number of ether oxygens (including phenoxy) is 1. The van der Waals surface area contributed by atoms with Crippen molar-refractivity contribution in [3.8, 4) is 5.75 Å². The van der Waals surface area contributed by atoms with Crippen LogP contribution in [0.2, 0.25) is 0 Å². The predicted molar refractivity (Wildman–Crippen MR) is 105 cm³/mol. The van der Waals surface area contributed by atoms with Gasteiger partial charge in [-0.2, -0.15) is 0 Å². The Balaban J connectivity index is 1.71. The third-order valence-corrected chi connectivity index (χ3v) is 4.56. The van der Waals surface area contributed by atoms with Crippen LogP contribution in [-0.4, -0.2) is 13.0 Å². The van der Waals surface area contributed by atoms with Crippen molar-refractivity contribution in [2.75, 3.05) is 7.11 Å². The molecule has 0 bridgehead atoms. The van der Waals surface area contributed by atoms with Crippen LogP contribution >= 0.6 is 0 Å². The number of hydrogen-bond donors (Lipinski definition) is 1. The van der Waals surface area contributed by atoms with E-state index in [0.717, 1.165) is 16.5 Å². The van der Waals surface area contributed by atoms with Gasteiger partial charge >= 0.3 is 0 Å². The number of furan rings is 1. The number of fused-ring (bicyclic) bond motifs is 1. The van der Waals surface area contributed by atoms with E-state index in [2.05, 4.69) is 5.32 Å². The Kier molecular flexibility index (Phi) is 4.81. The highest BCUT2D eigenvalue weighted by Gasteiger charge is 2.23. The molecular formula is C23H18FNO3. The Bertz CT molecular complexity index is 1090. The zero-order chi connectivity index (χ0) is 19.5. The smallest absolute Gasteiger partial charge is 0.255 e. The highest BCUT2D eigenvalue weighted by atomic mass is 19.1. The molecule has 4 rings (SSSR count). The molecular weight excluding hydrogens is 357 g/mol. The fourth-order valence-electron chi connectivity index (χ4n) is 3.12. The van der Waals surface area contributed by atoms with Gasteiger partial charge in [-0.15, -0.1) is 0 Å². The molecule has 5 heteroatoms. The standard InChI is InChI=1S/C23H18FNO3/c1-27-17-11-12-18(19(24)14-17)23(26)25-22(15-7-3-2-4-8-15)21-13-16-9-5-6-10-20(16)28-21/h2-14,22H,1H3,(H,25,26)/t22-/m0/s1. The topological polar surface area (TPSA) is 51.5 Å². The van der Waals surface area contributed by atoms with Crippen LogP contribution in [0, 0.1) is 5.82 Å². The molecule has 4 aromatic rings. The number of carbonyl (C=O) groups is 1. The highest BCUT2D eigenvalue weighted by Crippen LogP contribution is 2.29. The van der Waals surface area contributed by atoms with E-state index < -0.39 is 17.8 Å². The molecule has 1 aromatic heterocycles. The summed E-state index contributed by atoms with van der Waals surface area (Å²) in [5.41, 5.74) is 1.50. The maximum absolute atomic E-state index is 14.3. The minimum Gasteiger partial charge on any atom is -0.497 e. The van der Waals surface area contributed by atoms with Gasteiger partial charge in [0, 0.05) is 11.5 Å². The summed E-state index contributed by atoms with van der Waals surface area (Å²) < 4.78 is 25.3.